The maximum atomic E-state index is 11.2. The number of hydrogen-bond acceptors (Lipinski definition) is 5. The van der Waals surface area contributed by atoms with Crippen LogP contribution in [-0.2, 0) is 9.63 Å². The van der Waals surface area contributed by atoms with Gasteiger partial charge in [-0.15, -0.1) is 0 Å². The van der Waals surface area contributed by atoms with E-state index in [0.717, 1.165) is 6.42 Å². The summed E-state index contributed by atoms with van der Waals surface area (Å²) in [6.07, 6.45) is 3.07. The molecule has 0 aromatic carbocycles. The molecule has 1 aliphatic rings. The predicted octanol–water partition coefficient (Wildman–Crippen LogP) is 2.41. The van der Waals surface area contributed by atoms with Gasteiger partial charge in [-0.2, -0.15) is 5.06 Å². The second-order valence-electron chi connectivity index (χ2n) is 5.89. The first kappa shape index (κ1) is 14.7. The van der Waals surface area contributed by atoms with E-state index in [1.807, 2.05) is 26.7 Å². The van der Waals surface area contributed by atoms with Crippen LogP contribution >= 0.6 is 0 Å². The number of nitrogens with zero attached hydrogens (tertiary/aromatic N) is 2. The number of hydroxylamine groups is 2. The summed E-state index contributed by atoms with van der Waals surface area (Å²) in [6, 6.07) is 2.75. The quantitative estimate of drug-likeness (QED) is 0.840. The smallest absolute Gasteiger partial charge is 0.139 e. The Balaban J connectivity index is 2.40. The molecule has 1 atom stereocenters. The number of hydrogen-bond donors (Lipinski definition) is 1. The highest BCUT2D eigenvalue weighted by atomic mass is 16.7. The van der Waals surface area contributed by atoms with Crippen LogP contribution in [0.25, 0.3) is 0 Å². The summed E-state index contributed by atoms with van der Waals surface area (Å²) in [5.74, 6) is 2.05. The van der Waals surface area contributed by atoms with Gasteiger partial charge in [-0.25, -0.2) is 4.79 Å². The van der Waals surface area contributed by atoms with E-state index in [1.165, 1.54) is 0 Å². The first-order valence-electron chi connectivity index (χ1n) is 6.76. The average Bonchev–Trinajstić information content (AvgIpc) is 2.37. The minimum absolute atomic E-state index is 0.0645. The Bertz CT molecular complexity index is 530. The van der Waals surface area contributed by atoms with Gasteiger partial charge in [0.25, 0.3) is 0 Å². The van der Waals surface area contributed by atoms with Crippen molar-refractivity contribution in [3.63, 3.8) is 0 Å². The molecule has 5 heteroatoms. The molecule has 0 radical (unpaired) electrons. The Kier molecular flexibility index (Phi) is 4.23. The van der Waals surface area contributed by atoms with E-state index < -0.39 is 6.04 Å². The van der Waals surface area contributed by atoms with Gasteiger partial charge in [0, 0.05) is 18.3 Å². The number of rotatable bonds is 2. The minimum Gasteiger partial charge on any atom is -0.506 e. The zero-order valence-corrected chi connectivity index (χ0v) is 12.1. The molecule has 1 fully saturated rings. The number of pyridine rings is 1. The number of piperidine rings is 1. The third kappa shape index (κ3) is 3.25. The highest BCUT2D eigenvalue weighted by Crippen LogP contribution is 2.38. The average molecular weight is 276 g/mol. The van der Waals surface area contributed by atoms with Gasteiger partial charge >= 0.3 is 0 Å². The Hall–Kier alpha value is -1.68. The summed E-state index contributed by atoms with van der Waals surface area (Å²) >= 11 is 0. The van der Waals surface area contributed by atoms with E-state index in [1.54, 1.807) is 23.4 Å². The van der Waals surface area contributed by atoms with E-state index in [0.29, 0.717) is 24.2 Å². The maximum absolute atomic E-state index is 11.2. The third-order valence-electron chi connectivity index (χ3n) is 3.04. The lowest BCUT2D eigenvalue weighted by Crippen LogP contribution is -2.41. The summed E-state index contributed by atoms with van der Waals surface area (Å²) < 4.78 is 0. The molecule has 0 amide bonds. The molecule has 1 unspecified atom stereocenters. The summed E-state index contributed by atoms with van der Waals surface area (Å²) in [7, 11) is 0. The van der Waals surface area contributed by atoms with E-state index in [4.69, 9.17) is 4.84 Å². The molecule has 1 saturated heterocycles. The highest BCUT2D eigenvalue weighted by Gasteiger charge is 2.35. The summed E-state index contributed by atoms with van der Waals surface area (Å²) in [6.45, 7) is 6.52. The fourth-order valence-corrected chi connectivity index (χ4v) is 2.34. The Morgan fingerprint density at radius 3 is 2.85 bits per heavy atom. The lowest BCUT2D eigenvalue weighted by Gasteiger charge is -2.38. The van der Waals surface area contributed by atoms with Crippen molar-refractivity contribution in [3.05, 3.63) is 29.6 Å². The van der Waals surface area contributed by atoms with Crippen LogP contribution in [0.5, 0.6) is 5.75 Å². The van der Waals surface area contributed by atoms with Crippen molar-refractivity contribution < 1.29 is 14.7 Å². The van der Waals surface area contributed by atoms with Gasteiger partial charge in [0.05, 0.1) is 5.60 Å². The van der Waals surface area contributed by atoms with Crippen molar-refractivity contribution in [1.82, 2.24) is 10.0 Å². The Morgan fingerprint density at radius 2 is 2.25 bits per heavy atom. The third-order valence-corrected chi connectivity index (χ3v) is 3.04. The van der Waals surface area contributed by atoms with Crippen molar-refractivity contribution in [2.45, 2.75) is 45.3 Å². The van der Waals surface area contributed by atoms with Gasteiger partial charge in [-0.1, -0.05) is 0 Å². The van der Waals surface area contributed by atoms with E-state index in [2.05, 4.69) is 4.98 Å². The zero-order chi connectivity index (χ0) is 14.8. The molecule has 5 nitrogen and oxygen atoms in total. The Labute approximate surface area is 118 Å². The Morgan fingerprint density at radius 1 is 1.50 bits per heavy atom. The highest BCUT2D eigenvalue weighted by molar-refractivity contribution is 5.56. The van der Waals surface area contributed by atoms with Crippen LogP contribution in [0.3, 0.4) is 0 Å². The molecule has 2 heterocycles. The first-order chi connectivity index (χ1) is 9.42. The maximum Gasteiger partial charge on any atom is 0.139 e. The molecule has 1 aromatic heterocycles. The van der Waals surface area contributed by atoms with E-state index in [-0.39, 0.29) is 11.4 Å². The number of aromatic nitrogens is 1. The largest absolute Gasteiger partial charge is 0.506 e. The van der Waals surface area contributed by atoms with Gasteiger partial charge < -0.3 is 5.11 Å². The zero-order valence-electron chi connectivity index (χ0n) is 12.1. The lowest BCUT2D eigenvalue weighted by atomic mass is 9.95. The molecular formula is C15H20N2O3. The lowest BCUT2D eigenvalue weighted by molar-refractivity contribution is -0.251. The van der Waals surface area contributed by atoms with Crippen molar-refractivity contribution in [2.75, 3.05) is 6.54 Å². The van der Waals surface area contributed by atoms with Gasteiger partial charge in [0.15, 0.2) is 0 Å². The van der Waals surface area contributed by atoms with Crippen molar-refractivity contribution >= 4 is 5.94 Å². The summed E-state index contributed by atoms with van der Waals surface area (Å²) in [5, 5.41) is 11.7. The van der Waals surface area contributed by atoms with Crippen LogP contribution in [0.2, 0.25) is 0 Å². The van der Waals surface area contributed by atoms with Crippen molar-refractivity contribution in [1.29, 1.82) is 0 Å². The van der Waals surface area contributed by atoms with Crippen molar-refractivity contribution in [3.8, 4) is 5.75 Å². The standard InChI is InChI=1S/C15H20N2O3/c1-15(2,3)20-17-9-5-6-11(10-18)14(17)13-12(19)7-4-8-16-13/h4,7-8,14,19H,5-6,9H2,1-3H3. The molecular weight excluding hydrogens is 256 g/mol. The minimum atomic E-state index is -0.471. The fraction of sp³-hybridized carbons (Fsp3) is 0.533. The molecule has 0 bridgehead atoms. The first-order valence-corrected chi connectivity index (χ1v) is 6.76. The van der Waals surface area contributed by atoms with Crippen molar-refractivity contribution in [2.24, 2.45) is 0 Å². The van der Waals surface area contributed by atoms with Gasteiger partial charge in [-0.05, 0) is 45.7 Å². The van der Waals surface area contributed by atoms with Gasteiger partial charge in [0.1, 0.15) is 23.4 Å². The molecule has 108 valence electrons. The molecule has 0 saturated carbocycles. The van der Waals surface area contributed by atoms with E-state index >= 15 is 0 Å². The molecule has 1 aromatic rings. The number of aromatic hydroxyl groups is 1. The molecule has 1 aliphatic heterocycles. The van der Waals surface area contributed by atoms with Crippen LogP contribution in [0.4, 0.5) is 0 Å². The SMILES string of the molecule is CC(C)(C)ON1CCCC(=C=O)C1c1ncccc1O. The van der Waals surface area contributed by atoms with Crippen LogP contribution in [0.1, 0.15) is 45.3 Å². The molecule has 0 aliphatic carbocycles. The monoisotopic (exact) mass is 276 g/mol. The normalized spacial score (nSPS) is 20.8. The fourth-order valence-electron chi connectivity index (χ4n) is 2.34. The summed E-state index contributed by atoms with van der Waals surface area (Å²) in [4.78, 5) is 21.3. The van der Waals surface area contributed by atoms with Crippen LogP contribution in [0.15, 0.2) is 23.9 Å². The van der Waals surface area contributed by atoms with Crippen LogP contribution in [0, 0.1) is 0 Å². The van der Waals surface area contributed by atoms with Crippen LogP contribution in [-0.4, -0.2) is 33.2 Å². The van der Waals surface area contributed by atoms with Gasteiger partial charge in [0.2, 0.25) is 0 Å². The molecule has 2 rings (SSSR count). The molecule has 1 N–H and O–H groups in total. The topological polar surface area (TPSA) is 62.7 Å². The second kappa shape index (κ2) is 5.75. The summed E-state index contributed by atoms with van der Waals surface area (Å²) in [5.41, 5.74) is 0.623. The van der Waals surface area contributed by atoms with Crippen LogP contribution < -0.4 is 0 Å². The molecule has 20 heavy (non-hydrogen) atoms. The second-order valence-corrected chi connectivity index (χ2v) is 5.89. The molecule has 0 spiro atoms. The van der Waals surface area contributed by atoms with E-state index in [9.17, 15) is 9.90 Å². The van der Waals surface area contributed by atoms with Gasteiger partial charge in [-0.3, -0.25) is 9.82 Å². The number of carbonyl (C=O) groups excluding carboxylic acids is 1. The predicted molar refractivity (Wildman–Crippen MR) is 74.6 cm³/mol.